The van der Waals surface area contributed by atoms with Crippen molar-refractivity contribution in [2.45, 2.75) is 78.4 Å². The van der Waals surface area contributed by atoms with Crippen LogP contribution in [0.4, 0.5) is 5.00 Å². The summed E-state index contributed by atoms with van der Waals surface area (Å²) in [5, 5.41) is 1.26. The molecule has 7 nitrogen and oxygen atoms in total. The lowest BCUT2D eigenvalue weighted by atomic mass is 9.89. The monoisotopic (exact) mass is 514 g/mol. The van der Waals surface area contributed by atoms with Gasteiger partial charge < -0.3 is 24.4 Å². The molecule has 0 spiro atoms. The third kappa shape index (κ3) is 5.41. The second kappa shape index (κ2) is 11.5. The van der Waals surface area contributed by atoms with Gasteiger partial charge in [0, 0.05) is 61.4 Å². The second-order valence-electron chi connectivity index (χ2n) is 10.5. The predicted octanol–water partition coefficient (Wildman–Crippen LogP) is 4.28. The summed E-state index contributed by atoms with van der Waals surface area (Å²) in [5.74, 6) is 0.0650. The van der Waals surface area contributed by atoms with Crippen molar-refractivity contribution in [1.29, 1.82) is 0 Å². The van der Waals surface area contributed by atoms with Gasteiger partial charge in [0.15, 0.2) is 0 Å². The highest BCUT2D eigenvalue weighted by Gasteiger charge is 2.34. The van der Waals surface area contributed by atoms with Gasteiger partial charge in [-0.15, -0.1) is 11.3 Å². The quantitative estimate of drug-likeness (QED) is 0.541. The van der Waals surface area contributed by atoms with Gasteiger partial charge >= 0.3 is 0 Å². The van der Waals surface area contributed by atoms with E-state index in [-0.39, 0.29) is 11.5 Å². The minimum atomic E-state index is -0.0885. The van der Waals surface area contributed by atoms with Gasteiger partial charge in [0.25, 0.3) is 11.5 Å². The Hall–Kier alpha value is -2.16. The number of aromatic amines is 1. The first-order valence-corrected chi connectivity index (χ1v) is 14.1. The molecule has 2 aliphatic rings. The highest BCUT2D eigenvalue weighted by Crippen LogP contribution is 2.41. The lowest BCUT2D eigenvalue weighted by molar-refractivity contribution is 0.0727. The molecule has 1 amide bonds. The number of aromatic nitrogens is 1. The van der Waals surface area contributed by atoms with E-state index in [4.69, 9.17) is 4.74 Å². The molecule has 1 saturated carbocycles. The molecule has 0 atom stereocenters. The lowest BCUT2D eigenvalue weighted by Gasteiger charge is -2.40. The summed E-state index contributed by atoms with van der Waals surface area (Å²) in [5.41, 5.74) is 4.37. The highest BCUT2D eigenvalue weighted by molar-refractivity contribution is 7.16. The van der Waals surface area contributed by atoms with E-state index in [0.29, 0.717) is 30.7 Å². The molecule has 0 bridgehead atoms. The second-order valence-corrected chi connectivity index (χ2v) is 11.6. The van der Waals surface area contributed by atoms with Crippen molar-refractivity contribution in [3.8, 4) is 0 Å². The van der Waals surface area contributed by atoms with Crippen molar-refractivity contribution < 1.29 is 9.53 Å². The SMILES string of the molecule is CCN(c1sc2c(c1C)C(=O)N(Cc1c(C)cc(C)[nH]c1=O)CC2)[C@H]1CC[C@H](N(C)CCOC)CC1. The van der Waals surface area contributed by atoms with Crippen molar-refractivity contribution in [3.05, 3.63) is 49.2 Å². The van der Waals surface area contributed by atoms with Gasteiger partial charge in [-0.2, -0.15) is 0 Å². The van der Waals surface area contributed by atoms with E-state index in [1.165, 1.54) is 35.6 Å². The minimum absolute atomic E-state index is 0.0650. The molecule has 1 aliphatic heterocycles. The van der Waals surface area contributed by atoms with Gasteiger partial charge in [-0.25, -0.2) is 0 Å². The number of pyridine rings is 1. The molecule has 4 rings (SSSR count). The first-order valence-electron chi connectivity index (χ1n) is 13.3. The number of ether oxygens (including phenoxy) is 1. The zero-order chi connectivity index (χ0) is 26.0. The molecule has 0 saturated heterocycles. The molecule has 36 heavy (non-hydrogen) atoms. The van der Waals surface area contributed by atoms with Crippen LogP contribution in [0.1, 0.15) is 70.2 Å². The Morgan fingerprint density at radius 2 is 1.83 bits per heavy atom. The van der Waals surface area contributed by atoms with E-state index < -0.39 is 0 Å². The third-order valence-corrected chi connectivity index (χ3v) is 9.52. The molecular weight excluding hydrogens is 472 g/mol. The fourth-order valence-electron chi connectivity index (χ4n) is 6.00. The Kier molecular flexibility index (Phi) is 8.58. The largest absolute Gasteiger partial charge is 0.383 e. The van der Waals surface area contributed by atoms with Gasteiger partial charge in [0.2, 0.25) is 0 Å². The van der Waals surface area contributed by atoms with Crippen molar-refractivity contribution >= 4 is 22.2 Å². The summed E-state index contributed by atoms with van der Waals surface area (Å²) >= 11 is 1.81. The van der Waals surface area contributed by atoms with Gasteiger partial charge in [-0.05, 0) is 77.6 Å². The van der Waals surface area contributed by atoms with E-state index in [0.717, 1.165) is 48.5 Å². The average Bonchev–Trinajstić information content (AvgIpc) is 3.18. The summed E-state index contributed by atoms with van der Waals surface area (Å²) in [6.45, 7) is 11.9. The summed E-state index contributed by atoms with van der Waals surface area (Å²) in [4.78, 5) is 37.1. The van der Waals surface area contributed by atoms with E-state index in [2.05, 4.69) is 35.7 Å². The summed E-state index contributed by atoms with van der Waals surface area (Å²) in [7, 11) is 3.97. The van der Waals surface area contributed by atoms with Gasteiger partial charge in [-0.3, -0.25) is 9.59 Å². The third-order valence-electron chi connectivity index (χ3n) is 8.13. The summed E-state index contributed by atoms with van der Waals surface area (Å²) < 4.78 is 5.26. The number of methoxy groups -OCH3 is 1. The molecule has 0 radical (unpaired) electrons. The molecule has 0 unspecified atom stereocenters. The Morgan fingerprint density at radius 3 is 2.47 bits per heavy atom. The molecular formula is C28H42N4O3S. The van der Waals surface area contributed by atoms with Crippen LogP contribution >= 0.6 is 11.3 Å². The molecule has 1 N–H and O–H groups in total. The maximum Gasteiger partial charge on any atom is 0.255 e. The van der Waals surface area contributed by atoms with Crippen molar-refractivity contribution in [2.75, 3.05) is 45.3 Å². The van der Waals surface area contributed by atoms with Crippen LogP contribution in [0.15, 0.2) is 10.9 Å². The van der Waals surface area contributed by atoms with Crippen LogP contribution in [-0.2, 0) is 17.7 Å². The number of rotatable bonds is 9. The first kappa shape index (κ1) is 26.9. The van der Waals surface area contributed by atoms with Crippen LogP contribution in [0, 0.1) is 20.8 Å². The highest BCUT2D eigenvalue weighted by atomic mass is 32.1. The molecule has 8 heteroatoms. The number of thiophene rings is 1. The molecule has 2 aromatic heterocycles. The summed E-state index contributed by atoms with van der Waals surface area (Å²) in [6.07, 6.45) is 5.59. The van der Waals surface area contributed by atoms with Gasteiger partial charge in [0.1, 0.15) is 0 Å². The number of nitrogens with zero attached hydrogens (tertiary/aromatic N) is 3. The van der Waals surface area contributed by atoms with E-state index in [1.54, 1.807) is 7.11 Å². The van der Waals surface area contributed by atoms with Crippen molar-refractivity contribution in [1.82, 2.24) is 14.8 Å². The first-order chi connectivity index (χ1) is 17.2. The van der Waals surface area contributed by atoms with Crippen molar-refractivity contribution in [3.63, 3.8) is 0 Å². The van der Waals surface area contributed by atoms with Crippen LogP contribution in [-0.4, -0.2) is 73.2 Å². The number of hydrogen-bond acceptors (Lipinski definition) is 6. The number of hydrogen-bond donors (Lipinski definition) is 1. The number of likely N-dealkylation sites (N-methyl/N-ethyl adjacent to an activating group) is 1. The van der Waals surface area contributed by atoms with E-state index >= 15 is 0 Å². The number of anilines is 1. The number of carbonyl (C=O) groups excluding carboxylic acids is 1. The normalized spacial score (nSPS) is 20.2. The maximum absolute atomic E-state index is 13.6. The number of fused-ring (bicyclic) bond motifs is 1. The lowest BCUT2D eigenvalue weighted by Crippen LogP contribution is -2.43. The number of amides is 1. The van der Waals surface area contributed by atoms with Gasteiger partial charge in [0.05, 0.1) is 23.7 Å². The molecule has 2 aromatic rings. The van der Waals surface area contributed by atoms with Crippen LogP contribution < -0.4 is 10.5 Å². The Morgan fingerprint density at radius 1 is 1.14 bits per heavy atom. The van der Waals surface area contributed by atoms with Crippen LogP contribution in [0.3, 0.4) is 0 Å². The number of nitrogens with one attached hydrogen (secondary N) is 1. The average molecular weight is 515 g/mol. The smallest absolute Gasteiger partial charge is 0.255 e. The standard InChI is InChI=1S/C28H42N4O3S/c1-7-32(22-10-8-21(9-11-22)30(5)14-15-35-6)28-20(4)25-24(36-28)12-13-31(27(25)34)17-23-18(2)16-19(3)29-26(23)33/h16,21-22H,7-15,17H2,1-6H3,(H,29,33)/t21-,22-. The van der Waals surface area contributed by atoms with Gasteiger partial charge in [-0.1, -0.05) is 0 Å². The van der Waals surface area contributed by atoms with Crippen molar-refractivity contribution in [2.24, 2.45) is 0 Å². The fourth-order valence-corrected chi connectivity index (χ4v) is 7.42. The molecule has 1 aliphatic carbocycles. The predicted molar refractivity (Wildman–Crippen MR) is 148 cm³/mol. The Balaban J connectivity index is 1.49. The van der Waals surface area contributed by atoms with E-state index in [1.807, 2.05) is 36.2 Å². The fraction of sp³-hybridized carbons (Fsp3) is 0.643. The number of H-pyrrole nitrogens is 1. The Labute approximate surface area is 219 Å². The Bertz CT molecular complexity index is 1130. The topological polar surface area (TPSA) is 68.9 Å². The number of aryl methyl sites for hydroxylation is 2. The molecule has 198 valence electrons. The maximum atomic E-state index is 13.6. The zero-order valence-corrected chi connectivity index (χ0v) is 23.6. The summed E-state index contributed by atoms with van der Waals surface area (Å²) in [6, 6.07) is 3.12. The minimum Gasteiger partial charge on any atom is -0.383 e. The number of carbonyl (C=O) groups is 1. The van der Waals surface area contributed by atoms with Crippen LogP contribution in [0.5, 0.6) is 0 Å². The molecule has 1 fully saturated rings. The van der Waals surface area contributed by atoms with Crippen LogP contribution in [0.25, 0.3) is 0 Å². The molecule has 0 aromatic carbocycles. The molecule has 3 heterocycles. The van der Waals surface area contributed by atoms with Crippen LogP contribution in [0.2, 0.25) is 0 Å². The zero-order valence-electron chi connectivity index (χ0n) is 22.8. The van der Waals surface area contributed by atoms with E-state index in [9.17, 15) is 9.59 Å².